The summed E-state index contributed by atoms with van der Waals surface area (Å²) in [7, 11) is 0. The Labute approximate surface area is 127 Å². The van der Waals surface area contributed by atoms with Gasteiger partial charge in [0.2, 0.25) is 0 Å². The average Bonchev–Trinajstić information content (AvgIpc) is 2.83. The molecule has 2 rings (SSSR count). The van der Waals surface area contributed by atoms with Crippen LogP contribution >= 0.6 is 11.3 Å². The summed E-state index contributed by atoms with van der Waals surface area (Å²) >= 11 is 1.54. The quantitative estimate of drug-likeness (QED) is 0.528. The largest absolute Gasteiger partial charge is 0.486 e. The second-order valence-corrected chi connectivity index (χ2v) is 6.13. The molecule has 2 atom stereocenters. The van der Waals surface area contributed by atoms with Gasteiger partial charge in [0, 0.05) is 5.38 Å². The summed E-state index contributed by atoms with van der Waals surface area (Å²) in [6, 6.07) is 0. The lowest BCUT2D eigenvalue weighted by Crippen LogP contribution is -2.23. The van der Waals surface area contributed by atoms with Gasteiger partial charge in [-0.05, 0) is 18.8 Å². The number of hydrogen-bond acceptors (Lipinski definition) is 7. The third-order valence-electron chi connectivity index (χ3n) is 3.49. The molecule has 1 aliphatic carbocycles. The lowest BCUT2D eigenvalue weighted by Gasteiger charge is -2.25. The molecule has 21 heavy (non-hydrogen) atoms. The van der Waals surface area contributed by atoms with E-state index >= 15 is 0 Å². The molecule has 6 nitrogen and oxygen atoms in total. The Bertz CT molecular complexity index is 431. The van der Waals surface area contributed by atoms with Crippen molar-refractivity contribution in [2.45, 2.75) is 37.4 Å². The van der Waals surface area contributed by atoms with Gasteiger partial charge in [0.05, 0.1) is 18.1 Å². The molecule has 1 saturated carbocycles. The van der Waals surface area contributed by atoms with E-state index < -0.39 is 12.2 Å². The van der Waals surface area contributed by atoms with Gasteiger partial charge in [0.15, 0.2) is 11.5 Å². The van der Waals surface area contributed by atoms with Crippen LogP contribution in [0.5, 0.6) is 11.5 Å². The van der Waals surface area contributed by atoms with Gasteiger partial charge in [-0.3, -0.25) is 0 Å². The Hall–Kier alpha value is -0.860. The van der Waals surface area contributed by atoms with E-state index in [1.54, 1.807) is 11.3 Å². The number of hydrogen-bond donors (Lipinski definition) is 4. The lowest BCUT2D eigenvalue weighted by atomic mass is 9.84. The summed E-state index contributed by atoms with van der Waals surface area (Å²) in [6.07, 6.45) is 1.54. The molecular weight excluding hydrogens is 296 g/mol. The fourth-order valence-corrected chi connectivity index (χ4v) is 3.11. The SMILES string of the molecule is OCC(O)COc1csc(C2CCC2)c1OCC(O)CO. The summed E-state index contributed by atoms with van der Waals surface area (Å²) in [6.45, 7) is -0.747. The molecule has 4 N–H and O–H groups in total. The van der Waals surface area contributed by atoms with Gasteiger partial charge in [0.25, 0.3) is 0 Å². The zero-order valence-electron chi connectivity index (χ0n) is 11.8. The minimum Gasteiger partial charge on any atom is -0.486 e. The summed E-state index contributed by atoms with van der Waals surface area (Å²) in [5.41, 5.74) is 0. The van der Waals surface area contributed by atoms with Crippen LogP contribution in [0.1, 0.15) is 30.1 Å². The van der Waals surface area contributed by atoms with E-state index in [1.165, 1.54) is 6.42 Å². The van der Waals surface area contributed by atoms with E-state index in [2.05, 4.69) is 0 Å². The molecule has 7 heteroatoms. The third-order valence-corrected chi connectivity index (χ3v) is 4.59. The molecule has 0 radical (unpaired) electrons. The first kappa shape index (κ1) is 16.5. The Morgan fingerprint density at radius 3 is 2.24 bits per heavy atom. The van der Waals surface area contributed by atoms with Crippen LogP contribution in [0.4, 0.5) is 0 Å². The first-order valence-corrected chi connectivity index (χ1v) is 7.98. The van der Waals surface area contributed by atoms with Crippen molar-refractivity contribution in [3.63, 3.8) is 0 Å². The molecule has 1 aromatic heterocycles. The average molecular weight is 318 g/mol. The van der Waals surface area contributed by atoms with Gasteiger partial charge < -0.3 is 29.9 Å². The second kappa shape index (κ2) is 7.95. The number of thiophene rings is 1. The van der Waals surface area contributed by atoms with E-state index in [4.69, 9.17) is 19.7 Å². The Morgan fingerprint density at radius 1 is 1.10 bits per heavy atom. The third kappa shape index (κ3) is 4.31. The van der Waals surface area contributed by atoms with Crippen molar-refractivity contribution in [1.82, 2.24) is 0 Å². The highest BCUT2D eigenvalue weighted by Gasteiger charge is 2.27. The fraction of sp³-hybridized carbons (Fsp3) is 0.714. The molecule has 0 amide bonds. The van der Waals surface area contributed by atoms with Crippen molar-refractivity contribution < 1.29 is 29.9 Å². The summed E-state index contributed by atoms with van der Waals surface area (Å²) < 4.78 is 11.1. The minimum atomic E-state index is -0.937. The van der Waals surface area contributed by atoms with Crippen LogP contribution in [0, 0.1) is 0 Å². The van der Waals surface area contributed by atoms with Crippen LogP contribution < -0.4 is 9.47 Å². The van der Waals surface area contributed by atoms with Crippen molar-refractivity contribution in [2.24, 2.45) is 0 Å². The van der Waals surface area contributed by atoms with Crippen molar-refractivity contribution in [1.29, 1.82) is 0 Å². The maximum absolute atomic E-state index is 9.42. The highest BCUT2D eigenvalue weighted by Crippen LogP contribution is 2.48. The van der Waals surface area contributed by atoms with E-state index in [0.29, 0.717) is 17.4 Å². The summed E-state index contributed by atoms with van der Waals surface area (Å²) in [5.74, 6) is 1.55. The predicted octanol–water partition coefficient (Wildman–Crippen LogP) is 0.480. The Morgan fingerprint density at radius 2 is 1.71 bits per heavy atom. The number of aliphatic hydroxyl groups is 4. The molecule has 1 aliphatic rings. The van der Waals surface area contributed by atoms with Gasteiger partial charge in [0.1, 0.15) is 25.4 Å². The number of ether oxygens (including phenoxy) is 2. The Balaban J connectivity index is 2.05. The molecule has 0 spiro atoms. The van der Waals surface area contributed by atoms with Gasteiger partial charge >= 0.3 is 0 Å². The second-order valence-electron chi connectivity index (χ2n) is 5.22. The van der Waals surface area contributed by atoms with Crippen LogP contribution in [0.15, 0.2) is 5.38 Å². The normalized spacial score (nSPS) is 18.1. The molecule has 1 heterocycles. The van der Waals surface area contributed by atoms with E-state index in [-0.39, 0.29) is 26.4 Å². The van der Waals surface area contributed by atoms with Gasteiger partial charge in [-0.25, -0.2) is 0 Å². The number of rotatable bonds is 9. The van der Waals surface area contributed by atoms with Crippen LogP contribution in [-0.2, 0) is 0 Å². The Kier molecular flexibility index (Phi) is 6.25. The zero-order chi connectivity index (χ0) is 15.2. The molecule has 0 saturated heterocycles. The first-order chi connectivity index (χ1) is 10.2. The minimum absolute atomic E-state index is 0.00807. The van der Waals surface area contributed by atoms with Crippen molar-refractivity contribution >= 4 is 11.3 Å². The molecule has 0 bridgehead atoms. The van der Waals surface area contributed by atoms with Crippen molar-refractivity contribution in [3.8, 4) is 11.5 Å². The maximum atomic E-state index is 9.42. The maximum Gasteiger partial charge on any atom is 0.175 e. The summed E-state index contributed by atoms with van der Waals surface area (Å²) in [4.78, 5) is 1.08. The molecule has 2 unspecified atom stereocenters. The van der Waals surface area contributed by atoms with Crippen molar-refractivity contribution in [2.75, 3.05) is 26.4 Å². The topological polar surface area (TPSA) is 99.4 Å². The smallest absolute Gasteiger partial charge is 0.175 e. The van der Waals surface area contributed by atoms with Crippen LogP contribution in [0.25, 0.3) is 0 Å². The molecular formula is C14H22O6S. The van der Waals surface area contributed by atoms with Crippen LogP contribution in [0.2, 0.25) is 0 Å². The highest BCUT2D eigenvalue weighted by molar-refractivity contribution is 7.10. The van der Waals surface area contributed by atoms with Gasteiger partial charge in [-0.15, -0.1) is 11.3 Å². The van der Waals surface area contributed by atoms with Crippen molar-refractivity contribution in [3.05, 3.63) is 10.3 Å². The molecule has 120 valence electrons. The molecule has 1 fully saturated rings. The van der Waals surface area contributed by atoms with Gasteiger partial charge in [-0.2, -0.15) is 0 Å². The molecule has 0 aromatic carbocycles. The van der Waals surface area contributed by atoms with E-state index in [1.807, 2.05) is 5.38 Å². The van der Waals surface area contributed by atoms with Crippen LogP contribution in [0.3, 0.4) is 0 Å². The standard InChI is InChI=1S/C14H22O6S/c15-4-10(17)6-19-12-8-21-14(9-2-1-3-9)13(12)20-7-11(18)5-16/h8-11,15-18H,1-7H2. The fourth-order valence-electron chi connectivity index (χ4n) is 2.01. The number of aliphatic hydroxyl groups excluding tert-OH is 4. The monoisotopic (exact) mass is 318 g/mol. The van der Waals surface area contributed by atoms with E-state index in [0.717, 1.165) is 17.7 Å². The predicted molar refractivity (Wildman–Crippen MR) is 78.1 cm³/mol. The van der Waals surface area contributed by atoms with Crippen LogP contribution in [-0.4, -0.2) is 59.1 Å². The first-order valence-electron chi connectivity index (χ1n) is 7.10. The highest BCUT2D eigenvalue weighted by atomic mass is 32.1. The van der Waals surface area contributed by atoms with Gasteiger partial charge in [-0.1, -0.05) is 6.42 Å². The van der Waals surface area contributed by atoms with E-state index in [9.17, 15) is 10.2 Å². The lowest BCUT2D eigenvalue weighted by molar-refractivity contribution is 0.0447. The molecule has 0 aliphatic heterocycles. The summed E-state index contributed by atoms with van der Waals surface area (Å²) in [5, 5.41) is 38.3. The molecule has 1 aromatic rings. The zero-order valence-corrected chi connectivity index (χ0v) is 12.6.